The van der Waals surface area contributed by atoms with E-state index in [1.165, 1.54) is 4.90 Å². The number of anilines is 1. The summed E-state index contributed by atoms with van der Waals surface area (Å²) in [5.41, 5.74) is 4.39. The molecule has 0 saturated carbocycles. The first-order chi connectivity index (χ1) is 13.9. The van der Waals surface area contributed by atoms with Gasteiger partial charge < -0.3 is 10.2 Å². The average molecular weight is 451 g/mol. The molecule has 0 aliphatic rings. The minimum Gasteiger partial charge on any atom is -0.332 e. The van der Waals surface area contributed by atoms with Crippen LogP contribution in [-0.2, 0) is 11.2 Å². The van der Waals surface area contributed by atoms with Crippen molar-refractivity contribution in [3.8, 4) is 0 Å². The van der Waals surface area contributed by atoms with Crippen LogP contribution in [0.2, 0.25) is 0 Å². The second-order valence-electron chi connectivity index (χ2n) is 6.99. The number of hydrogen-bond donors (Lipinski definition) is 1. The van der Waals surface area contributed by atoms with Crippen molar-refractivity contribution in [2.45, 2.75) is 13.3 Å². The maximum Gasteiger partial charge on any atom is 0.254 e. The first-order valence-corrected chi connectivity index (χ1v) is 10.2. The number of likely N-dealkylation sites (N-methyl/N-ethyl adjacent to an activating group) is 1. The van der Waals surface area contributed by atoms with Gasteiger partial charge in [0.25, 0.3) is 5.91 Å². The highest BCUT2D eigenvalue weighted by Gasteiger charge is 2.18. The molecule has 148 valence electrons. The maximum absolute atomic E-state index is 13.0. The summed E-state index contributed by atoms with van der Waals surface area (Å²) in [6, 6.07) is 23.2. The Bertz CT molecular complexity index is 1020. The lowest BCUT2D eigenvalue weighted by atomic mass is 9.99. The molecule has 0 aliphatic carbocycles. The molecule has 0 aliphatic heterocycles. The quantitative estimate of drug-likeness (QED) is 0.570. The van der Waals surface area contributed by atoms with Gasteiger partial charge in [0, 0.05) is 22.8 Å². The molecule has 0 spiro atoms. The van der Waals surface area contributed by atoms with Gasteiger partial charge in [-0.3, -0.25) is 9.59 Å². The van der Waals surface area contributed by atoms with E-state index in [1.807, 2.05) is 79.7 Å². The monoisotopic (exact) mass is 450 g/mol. The molecule has 0 bridgehead atoms. The molecule has 0 unspecified atom stereocenters. The Balaban J connectivity index is 1.69. The van der Waals surface area contributed by atoms with Crippen molar-refractivity contribution in [3.63, 3.8) is 0 Å². The van der Waals surface area contributed by atoms with Crippen LogP contribution < -0.4 is 5.32 Å². The number of rotatable bonds is 6. The summed E-state index contributed by atoms with van der Waals surface area (Å²) in [4.78, 5) is 26.9. The molecule has 3 aromatic carbocycles. The van der Waals surface area contributed by atoms with E-state index in [0.717, 1.165) is 26.9 Å². The third-order valence-electron chi connectivity index (χ3n) is 4.68. The standard InChI is InChI=1S/C24H23BrN2O2/c1-17-14-20(25)12-13-22(17)26-23(28)16-27(2)24(29)21-11-7-6-10-19(21)15-18-8-4-3-5-9-18/h3-14H,15-16H2,1-2H3,(H,26,28). The Morgan fingerprint density at radius 3 is 2.38 bits per heavy atom. The summed E-state index contributed by atoms with van der Waals surface area (Å²) in [6.07, 6.45) is 0.668. The fourth-order valence-corrected chi connectivity index (χ4v) is 3.62. The predicted molar refractivity (Wildman–Crippen MR) is 120 cm³/mol. The molecule has 2 amide bonds. The Morgan fingerprint density at radius 1 is 0.966 bits per heavy atom. The van der Waals surface area contributed by atoms with Crippen LogP contribution in [0.4, 0.5) is 5.69 Å². The van der Waals surface area contributed by atoms with E-state index in [9.17, 15) is 9.59 Å². The van der Waals surface area contributed by atoms with E-state index < -0.39 is 0 Å². The highest BCUT2D eigenvalue weighted by atomic mass is 79.9. The van der Waals surface area contributed by atoms with Gasteiger partial charge in [-0.15, -0.1) is 0 Å². The van der Waals surface area contributed by atoms with E-state index in [1.54, 1.807) is 7.05 Å². The number of aryl methyl sites for hydroxylation is 1. The molecule has 0 radical (unpaired) electrons. The molecule has 3 rings (SSSR count). The molecule has 1 N–H and O–H groups in total. The molecule has 0 fully saturated rings. The van der Waals surface area contributed by atoms with Gasteiger partial charge >= 0.3 is 0 Å². The van der Waals surface area contributed by atoms with Gasteiger partial charge in [-0.05, 0) is 54.3 Å². The highest BCUT2D eigenvalue weighted by molar-refractivity contribution is 9.10. The molecular weight excluding hydrogens is 428 g/mol. The average Bonchev–Trinajstić information content (AvgIpc) is 2.71. The summed E-state index contributed by atoms with van der Waals surface area (Å²) in [5.74, 6) is -0.397. The van der Waals surface area contributed by atoms with E-state index in [4.69, 9.17) is 0 Å². The fourth-order valence-electron chi connectivity index (χ4n) is 3.15. The van der Waals surface area contributed by atoms with Gasteiger partial charge in [0.15, 0.2) is 0 Å². The van der Waals surface area contributed by atoms with Crippen LogP contribution in [0.1, 0.15) is 27.0 Å². The zero-order valence-electron chi connectivity index (χ0n) is 16.5. The SMILES string of the molecule is Cc1cc(Br)ccc1NC(=O)CN(C)C(=O)c1ccccc1Cc1ccccc1. The molecule has 0 heterocycles. The van der Waals surface area contributed by atoms with Crippen molar-refractivity contribution in [2.24, 2.45) is 0 Å². The minimum absolute atomic E-state index is 0.0198. The second kappa shape index (κ2) is 9.52. The normalized spacial score (nSPS) is 10.4. The summed E-state index contributed by atoms with van der Waals surface area (Å²) < 4.78 is 0.954. The van der Waals surface area contributed by atoms with Crippen molar-refractivity contribution < 1.29 is 9.59 Å². The number of hydrogen-bond acceptors (Lipinski definition) is 2. The summed E-state index contributed by atoms with van der Waals surface area (Å²) in [7, 11) is 1.65. The Labute approximate surface area is 179 Å². The third-order valence-corrected chi connectivity index (χ3v) is 5.17. The lowest BCUT2D eigenvalue weighted by Crippen LogP contribution is -2.35. The zero-order valence-corrected chi connectivity index (χ0v) is 18.1. The van der Waals surface area contributed by atoms with E-state index in [2.05, 4.69) is 21.2 Å². The van der Waals surface area contributed by atoms with Gasteiger partial charge in [-0.1, -0.05) is 64.5 Å². The van der Waals surface area contributed by atoms with Crippen LogP contribution in [0.25, 0.3) is 0 Å². The van der Waals surface area contributed by atoms with E-state index >= 15 is 0 Å². The van der Waals surface area contributed by atoms with E-state index in [-0.39, 0.29) is 18.4 Å². The Morgan fingerprint density at radius 2 is 1.66 bits per heavy atom. The lowest BCUT2D eigenvalue weighted by Gasteiger charge is -2.19. The molecule has 4 nitrogen and oxygen atoms in total. The van der Waals surface area contributed by atoms with Crippen LogP contribution in [0.15, 0.2) is 77.3 Å². The van der Waals surface area contributed by atoms with Crippen LogP contribution in [0.3, 0.4) is 0 Å². The largest absolute Gasteiger partial charge is 0.332 e. The molecule has 5 heteroatoms. The Kier molecular flexibility index (Phi) is 6.83. The maximum atomic E-state index is 13.0. The summed E-state index contributed by atoms with van der Waals surface area (Å²) in [6.45, 7) is 1.91. The molecule has 0 aromatic heterocycles. The van der Waals surface area contributed by atoms with E-state index in [0.29, 0.717) is 12.0 Å². The van der Waals surface area contributed by atoms with Crippen molar-refractivity contribution in [2.75, 3.05) is 18.9 Å². The van der Waals surface area contributed by atoms with Gasteiger partial charge in [0.1, 0.15) is 0 Å². The number of nitrogens with zero attached hydrogens (tertiary/aromatic N) is 1. The number of carbonyl (C=O) groups is 2. The number of carbonyl (C=O) groups excluding carboxylic acids is 2. The molecule has 3 aromatic rings. The van der Waals surface area contributed by atoms with Crippen LogP contribution >= 0.6 is 15.9 Å². The van der Waals surface area contributed by atoms with Gasteiger partial charge in [-0.2, -0.15) is 0 Å². The van der Waals surface area contributed by atoms with Crippen LogP contribution in [-0.4, -0.2) is 30.3 Å². The van der Waals surface area contributed by atoms with Crippen molar-refractivity contribution in [1.82, 2.24) is 4.90 Å². The highest BCUT2D eigenvalue weighted by Crippen LogP contribution is 2.20. The number of halogens is 1. The predicted octanol–water partition coefficient (Wildman–Crippen LogP) is 5.06. The van der Waals surface area contributed by atoms with Gasteiger partial charge in [-0.25, -0.2) is 0 Å². The lowest BCUT2D eigenvalue weighted by molar-refractivity contribution is -0.116. The second-order valence-corrected chi connectivity index (χ2v) is 7.90. The van der Waals surface area contributed by atoms with Crippen LogP contribution in [0.5, 0.6) is 0 Å². The zero-order chi connectivity index (χ0) is 20.8. The van der Waals surface area contributed by atoms with Crippen molar-refractivity contribution >= 4 is 33.4 Å². The van der Waals surface area contributed by atoms with Gasteiger partial charge in [0.05, 0.1) is 6.54 Å². The Hall–Kier alpha value is -2.92. The number of nitrogens with one attached hydrogen (secondary N) is 1. The van der Waals surface area contributed by atoms with Crippen LogP contribution in [0, 0.1) is 6.92 Å². The topological polar surface area (TPSA) is 49.4 Å². The minimum atomic E-state index is -0.230. The molecular formula is C24H23BrN2O2. The number of amides is 2. The summed E-state index contributed by atoms with van der Waals surface area (Å²) in [5, 5.41) is 2.88. The van der Waals surface area contributed by atoms with Gasteiger partial charge in [0.2, 0.25) is 5.91 Å². The van der Waals surface area contributed by atoms with Crippen molar-refractivity contribution in [1.29, 1.82) is 0 Å². The summed E-state index contributed by atoms with van der Waals surface area (Å²) >= 11 is 3.41. The van der Waals surface area contributed by atoms with Crippen molar-refractivity contribution in [3.05, 3.63) is 99.5 Å². The third kappa shape index (κ3) is 5.55. The molecule has 0 saturated heterocycles. The first kappa shape index (κ1) is 20.8. The number of benzene rings is 3. The molecule has 0 atom stereocenters. The smallest absolute Gasteiger partial charge is 0.254 e. The first-order valence-electron chi connectivity index (χ1n) is 9.37. The fraction of sp³-hybridized carbons (Fsp3) is 0.167. The molecule has 29 heavy (non-hydrogen) atoms.